The number of hydrogen-bond acceptors (Lipinski definition) is 21. The van der Waals surface area contributed by atoms with E-state index in [0.29, 0.717) is 69.9 Å². The third-order valence-electron chi connectivity index (χ3n) is 12.8. The molecule has 0 bridgehead atoms. The first-order valence-corrected chi connectivity index (χ1v) is 33.4. The summed E-state index contributed by atoms with van der Waals surface area (Å²) in [6, 6.07) is 50.7. The lowest BCUT2D eigenvalue weighted by molar-refractivity contribution is -0.143. The van der Waals surface area contributed by atoms with Gasteiger partial charge >= 0.3 is 21.3 Å². The van der Waals surface area contributed by atoms with Crippen LogP contribution < -0.4 is 52.5 Å². The Balaban J connectivity index is 0.000000313. The number of phenolic OH excluding ortho intramolecular Hbond substituents is 1. The fraction of sp³-hybridized carbons (Fsp3) is 0.208. The molecule has 0 unspecified atom stereocenters. The lowest BCUT2D eigenvalue weighted by Crippen LogP contribution is -2.26. The molecule has 102 heavy (non-hydrogen) atoms. The fourth-order valence-electron chi connectivity index (χ4n) is 8.09. The number of ketones is 3. The Bertz CT molecular complexity index is 4520. The average Bonchev–Trinajstić information content (AvgIpc) is 0.799. The van der Waals surface area contributed by atoms with E-state index in [1.54, 1.807) is 184 Å². The second-order valence-corrected chi connectivity index (χ2v) is 26.3. The third kappa shape index (κ3) is 31.0. The molecule has 30 heteroatoms. The molecule has 10 aromatic rings. The molecule has 5 aromatic heterocycles. The molecule has 0 saturated carbocycles. The number of pyridine rings is 3. The zero-order valence-corrected chi connectivity index (χ0v) is 61.8. The van der Waals surface area contributed by atoms with E-state index < -0.39 is 18.1 Å². The Morgan fingerprint density at radius 3 is 1.06 bits per heavy atom. The number of aromatic hydroxyl groups is 1. The number of benzene rings is 5. The van der Waals surface area contributed by atoms with Gasteiger partial charge in [0.05, 0.1) is 66.3 Å². The van der Waals surface area contributed by atoms with Gasteiger partial charge in [0.15, 0.2) is 17.3 Å². The number of H-pyrrole nitrogens is 3. The number of aromatic nitrogens is 5. The van der Waals surface area contributed by atoms with Gasteiger partial charge in [-0.25, -0.2) is 13.6 Å². The highest BCUT2D eigenvalue weighted by atomic mass is 79.9. The molecule has 538 valence electrons. The van der Waals surface area contributed by atoms with Crippen LogP contribution in [0.3, 0.4) is 0 Å². The van der Waals surface area contributed by atoms with Crippen LogP contribution in [0.5, 0.6) is 28.7 Å². The fourth-order valence-corrected chi connectivity index (χ4v) is 8.09. The standard InChI is InChI=1S/C15H12N2O3.C14H10N2O3.2C12H14O4.C9H10O2.C5H6N2O.C5H10O3.BBr3/c1-20-11-7-5-10(6-8-11)12-9-15(19)17-13(16-12)3-2-4-14(17)18;17-10-6-4-9(5-7-10)11-8-14(19)16-12(15-11)2-1-3-13(16)18;2*1-3-16-12(14)8-11(13)9-4-6-10(15-2)7-5-9;1-7(10)8-3-5-9(11-2)6-4-8;6-4-2-1-3-5(8)7-4;1-3-7-5(6)8-4-2;2-1(3)4/h2-9,16H,1H3;1-8,15,17H;2*4-7H,3,8H2,1-2H3;3-6H,1-2H3;1-3H,(H3,6,7,8);3-4H2,1-2H3;. The van der Waals surface area contributed by atoms with E-state index in [-0.39, 0.29) is 80.1 Å². The Morgan fingerprint density at radius 1 is 0.431 bits per heavy atom. The molecular formula is C72H76BBr3N6O20. The lowest BCUT2D eigenvalue weighted by atomic mass is 10.1. The highest BCUT2D eigenvalue weighted by molar-refractivity contribution is 9.69. The maximum Gasteiger partial charge on any atom is 0.508 e. The second-order valence-electron chi connectivity index (χ2n) is 19.9. The van der Waals surface area contributed by atoms with Crippen molar-refractivity contribution in [2.24, 2.45) is 0 Å². The number of halogens is 3. The van der Waals surface area contributed by atoms with Gasteiger partial charge < -0.3 is 63.7 Å². The molecule has 0 aliphatic rings. The van der Waals surface area contributed by atoms with Crippen LogP contribution in [0.25, 0.3) is 33.8 Å². The minimum Gasteiger partial charge on any atom is -0.508 e. The Hall–Kier alpha value is -11.1. The zero-order chi connectivity index (χ0) is 75.7. The Morgan fingerprint density at radius 2 is 0.755 bits per heavy atom. The highest BCUT2D eigenvalue weighted by Crippen LogP contribution is 2.22. The maximum absolute atomic E-state index is 12.0. The van der Waals surface area contributed by atoms with E-state index >= 15 is 0 Å². The molecule has 6 N–H and O–H groups in total. The second kappa shape index (κ2) is 46.3. The molecule has 0 atom stereocenters. The van der Waals surface area contributed by atoms with Crippen LogP contribution in [0.1, 0.15) is 78.5 Å². The highest BCUT2D eigenvalue weighted by Gasteiger charge is 2.14. The van der Waals surface area contributed by atoms with Crippen molar-refractivity contribution >= 4 is 103 Å². The SMILES string of the molecule is BrB(Br)Br.CCOC(=O)CC(=O)c1ccc(OC)cc1.CCOC(=O)CC(=O)c1ccc(OC)cc1.CCOC(=O)OCC.COc1ccc(-c2cc(=O)n3c(=O)cccc3[nH]2)cc1.COc1ccc(C(C)=O)cc1.Nc1cccc(=O)[nH]1.O=c1cccc2[nH]c(-c3ccc(O)cc3)cc(=O)n12. The summed E-state index contributed by atoms with van der Waals surface area (Å²) in [6.07, 6.45) is -1.03. The molecule has 0 aliphatic heterocycles. The van der Waals surface area contributed by atoms with Crippen LogP contribution >= 0.6 is 47.3 Å². The molecule has 0 amide bonds. The number of hydrogen-bond donors (Lipinski definition) is 5. The van der Waals surface area contributed by atoms with E-state index in [2.05, 4.69) is 71.7 Å². The summed E-state index contributed by atoms with van der Waals surface area (Å²) in [5, 5.41) is 9.25. The van der Waals surface area contributed by atoms with E-state index in [1.807, 2.05) is 24.3 Å². The van der Waals surface area contributed by atoms with Gasteiger partial charge in [0, 0.05) is 47.0 Å². The summed E-state index contributed by atoms with van der Waals surface area (Å²) in [4.78, 5) is 132. The summed E-state index contributed by atoms with van der Waals surface area (Å²) in [7, 11) is 6.30. The number of anilines is 1. The number of fused-ring (bicyclic) bond motifs is 2. The molecule has 5 heterocycles. The van der Waals surface area contributed by atoms with Crippen molar-refractivity contribution in [1.82, 2.24) is 23.8 Å². The third-order valence-corrected chi connectivity index (χ3v) is 12.8. The Kier molecular flexibility index (Phi) is 38.6. The largest absolute Gasteiger partial charge is 0.508 e. The monoisotopic (exact) mass is 1590 g/mol. The van der Waals surface area contributed by atoms with E-state index in [9.17, 15) is 57.8 Å². The number of methoxy groups -OCH3 is 4. The molecule has 5 aromatic carbocycles. The predicted octanol–water partition coefficient (Wildman–Crippen LogP) is 11.9. The van der Waals surface area contributed by atoms with Crippen molar-refractivity contribution in [2.75, 3.05) is 60.6 Å². The topological polar surface area (TPSA) is 364 Å². The Labute approximate surface area is 610 Å². The number of rotatable bonds is 17. The normalized spacial score (nSPS) is 9.73. The van der Waals surface area contributed by atoms with Gasteiger partial charge in [0.25, 0.3) is 22.2 Å². The van der Waals surface area contributed by atoms with Crippen LogP contribution in [0, 0.1) is 0 Å². The molecule has 0 fully saturated rings. The number of nitrogens with zero attached hydrogens (tertiary/aromatic N) is 2. The van der Waals surface area contributed by atoms with Crippen LogP contribution in [-0.2, 0) is 28.5 Å². The number of nitrogens with one attached hydrogen (secondary N) is 3. The van der Waals surface area contributed by atoms with Gasteiger partial charge in [0.2, 0.25) is 5.56 Å². The number of ether oxygens (including phenoxy) is 8. The van der Waals surface area contributed by atoms with Gasteiger partial charge in [0.1, 0.15) is 58.7 Å². The summed E-state index contributed by atoms with van der Waals surface area (Å²) in [5.41, 5.74) is 9.03. The smallest absolute Gasteiger partial charge is 0.508 e. The number of aromatic amines is 3. The van der Waals surface area contributed by atoms with Crippen LogP contribution in [-0.4, -0.2) is 122 Å². The lowest BCUT2D eigenvalue weighted by Gasteiger charge is -2.06. The number of nitrogens with two attached hydrogens (primary N) is 1. The minimum absolute atomic E-state index is 0.0765. The molecule has 0 radical (unpaired) electrons. The number of nitrogen functional groups attached to an aromatic ring is 1. The minimum atomic E-state index is -0.588. The van der Waals surface area contributed by atoms with Crippen molar-refractivity contribution in [1.29, 1.82) is 0 Å². The van der Waals surface area contributed by atoms with Gasteiger partial charge in [-0.3, -0.25) is 47.9 Å². The maximum atomic E-state index is 12.0. The summed E-state index contributed by atoms with van der Waals surface area (Å²) < 4.78 is 40.6. The van der Waals surface area contributed by atoms with Gasteiger partial charge in [-0.05, 0) is 185 Å². The van der Waals surface area contributed by atoms with Crippen molar-refractivity contribution in [3.63, 3.8) is 0 Å². The van der Waals surface area contributed by atoms with Gasteiger partial charge in [-0.15, -0.1) is 47.3 Å². The molecule has 10 rings (SSSR count). The van der Waals surface area contributed by atoms with Crippen LogP contribution in [0.2, 0.25) is 0 Å². The quantitative estimate of drug-likeness (QED) is 0.0186. The first-order chi connectivity index (χ1) is 48.7. The zero-order valence-electron chi connectivity index (χ0n) is 57.0. The van der Waals surface area contributed by atoms with E-state index in [1.165, 1.54) is 42.5 Å². The summed E-state index contributed by atoms with van der Waals surface area (Å²) >= 11 is 9.31. The van der Waals surface area contributed by atoms with Crippen LogP contribution in [0.15, 0.2) is 212 Å². The molecular weight excluding hydrogens is 1520 g/mol. The van der Waals surface area contributed by atoms with E-state index in [4.69, 9.17) is 34.2 Å². The molecule has 0 spiro atoms. The molecule has 0 saturated heterocycles. The van der Waals surface area contributed by atoms with Crippen molar-refractivity contribution < 1.29 is 71.8 Å². The number of carbonyl (C=O) groups is 6. The number of Topliss-reactive ketones (excluding diaryl/α,β-unsaturated/α-hetero) is 3. The number of carbonyl (C=O) groups excluding carboxylic acids is 6. The molecule has 26 nitrogen and oxygen atoms in total. The first-order valence-electron chi connectivity index (χ1n) is 30.7. The van der Waals surface area contributed by atoms with E-state index in [0.717, 1.165) is 31.4 Å². The number of esters is 2. The van der Waals surface area contributed by atoms with Gasteiger partial charge in [-0.2, -0.15) is 0 Å². The van der Waals surface area contributed by atoms with Crippen molar-refractivity contribution in [3.05, 3.63) is 257 Å². The predicted molar refractivity (Wildman–Crippen MR) is 400 cm³/mol. The van der Waals surface area contributed by atoms with Crippen molar-refractivity contribution in [3.8, 4) is 51.3 Å². The number of phenols is 1. The van der Waals surface area contributed by atoms with Crippen molar-refractivity contribution in [2.45, 2.75) is 47.5 Å². The first kappa shape index (κ1) is 85.1. The van der Waals surface area contributed by atoms with Crippen LogP contribution in [0.4, 0.5) is 10.6 Å². The summed E-state index contributed by atoms with van der Waals surface area (Å²) in [5.74, 6) is 2.01. The summed E-state index contributed by atoms with van der Waals surface area (Å²) in [6.45, 7) is 9.74. The average molecular weight is 1600 g/mol. The molecule has 0 aliphatic carbocycles. The van der Waals surface area contributed by atoms with Gasteiger partial charge in [-0.1, -0.05) is 18.2 Å².